The van der Waals surface area contributed by atoms with Crippen LogP contribution >= 0.6 is 0 Å². The van der Waals surface area contributed by atoms with Crippen LogP contribution in [0.15, 0.2) is 78.1 Å². The molecule has 6 N–H and O–H groups in total. The average Bonchev–Trinajstić information content (AvgIpc) is 2.63. The third kappa shape index (κ3) is 4.32. The Bertz CT molecular complexity index is 798. The summed E-state index contributed by atoms with van der Waals surface area (Å²) in [6.45, 7) is 0.587. The zero-order chi connectivity index (χ0) is 17.6. The van der Waals surface area contributed by atoms with Gasteiger partial charge in [-0.1, -0.05) is 30.3 Å². The molecule has 1 aliphatic rings. The van der Waals surface area contributed by atoms with Crippen LogP contribution in [0.4, 0.5) is 5.69 Å². The van der Waals surface area contributed by atoms with Crippen molar-refractivity contribution in [1.29, 1.82) is 0 Å². The van der Waals surface area contributed by atoms with Crippen LogP contribution in [0.3, 0.4) is 0 Å². The van der Waals surface area contributed by atoms with Gasteiger partial charge in [-0.3, -0.25) is 4.79 Å². The third-order valence-electron chi connectivity index (χ3n) is 3.81. The first-order valence-corrected chi connectivity index (χ1v) is 7.93. The van der Waals surface area contributed by atoms with Crippen LogP contribution in [0.2, 0.25) is 0 Å². The first-order chi connectivity index (χ1) is 12.1. The lowest BCUT2D eigenvalue weighted by molar-refractivity contribution is -0.114. The summed E-state index contributed by atoms with van der Waals surface area (Å²) in [7, 11) is 0. The number of phenolic OH excluding ortho intramolecular Hbond substituents is 1. The molecule has 0 aromatic heterocycles. The molecule has 0 spiro atoms. The molecule has 1 heterocycles. The molecule has 1 unspecified atom stereocenters. The van der Waals surface area contributed by atoms with Crippen LogP contribution in [0.1, 0.15) is 5.56 Å². The number of benzene rings is 2. The predicted molar refractivity (Wildman–Crippen MR) is 97.3 cm³/mol. The fourth-order valence-corrected chi connectivity index (χ4v) is 2.53. The standard InChI is InChI=1S/C19H20N4O2/c20-19(25)16-12-22-18(23-14-6-8-15(24)9-7-14)10-17(16)21-11-13-4-2-1-3-5-13/h1-10,12,18,21-24H,11H2,(H2,20,25). The number of nitrogens with two attached hydrogens (primary N) is 1. The second-order valence-electron chi connectivity index (χ2n) is 5.68. The highest BCUT2D eigenvalue weighted by molar-refractivity contribution is 5.96. The summed E-state index contributed by atoms with van der Waals surface area (Å²) in [4.78, 5) is 11.7. The van der Waals surface area contributed by atoms with Crippen molar-refractivity contribution in [2.45, 2.75) is 12.7 Å². The van der Waals surface area contributed by atoms with Crippen LogP contribution < -0.4 is 21.7 Å². The number of carbonyl (C=O) groups excluding carboxylic acids is 1. The molecule has 3 rings (SSSR count). The summed E-state index contributed by atoms with van der Waals surface area (Å²) >= 11 is 0. The molecule has 0 radical (unpaired) electrons. The number of dihydropyridines is 1. The Morgan fingerprint density at radius 1 is 1.12 bits per heavy atom. The number of amides is 1. The molecule has 6 nitrogen and oxygen atoms in total. The lowest BCUT2D eigenvalue weighted by Crippen LogP contribution is -2.38. The highest BCUT2D eigenvalue weighted by Gasteiger charge is 2.18. The van der Waals surface area contributed by atoms with Gasteiger partial charge in [-0.15, -0.1) is 0 Å². The number of primary amides is 1. The first-order valence-electron chi connectivity index (χ1n) is 7.93. The number of hydrogen-bond acceptors (Lipinski definition) is 5. The molecule has 1 atom stereocenters. The van der Waals surface area contributed by atoms with Gasteiger partial charge in [0.1, 0.15) is 11.9 Å². The summed E-state index contributed by atoms with van der Waals surface area (Å²) in [6, 6.07) is 16.7. The molecule has 0 bridgehead atoms. The molecule has 6 heteroatoms. The lowest BCUT2D eigenvalue weighted by Gasteiger charge is -2.25. The van der Waals surface area contributed by atoms with E-state index in [1.54, 1.807) is 30.5 Å². The van der Waals surface area contributed by atoms with Crippen molar-refractivity contribution in [3.8, 4) is 5.75 Å². The lowest BCUT2D eigenvalue weighted by atomic mass is 10.1. The van der Waals surface area contributed by atoms with Crippen molar-refractivity contribution in [2.75, 3.05) is 5.32 Å². The molecule has 128 valence electrons. The highest BCUT2D eigenvalue weighted by atomic mass is 16.3. The molecule has 0 saturated heterocycles. The zero-order valence-corrected chi connectivity index (χ0v) is 13.6. The van der Waals surface area contributed by atoms with Gasteiger partial charge in [-0.2, -0.15) is 0 Å². The summed E-state index contributed by atoms with van der Waals surface area (Å²) in [5.41, 5.74) is 8.48. The smallest absolute Gasteiger partial charge is 0.252 e. The van der Waals surface area contributed by atoms with Gasteiger partial charge >= 0.3 is 0 Å². The second-order valence-corrected chi connectivity index (χ2v) is 5.68. The first kappa shape index (κ1) is 16.4. The van der Waals surface area contributed by atoms with E-state index < -0.39 is 5.91 Å². The van der Waals surface area contributed by atoms with E-state index in [9.17, 15) is 9.90 Å². The number of hydrogen-bond donors (Lipinski definition) is 5. The van der Waals surface area contributed by atoms with Crippen molar-refractivity contribution >= 4 is 11.6 Å². The normalized spacial score (nSPS) is 16.2. The molecule has 25 heavy (non-hydrogen) atoms. The largest absolute Gasteiger partial charge is 0.508 e. The number of phenols is 1. The van der Waals surface area contributed by atoms with E-state index in [1.165, 1.54) is 0 Å². The fourth-order valence-electron chi connectivity index (χ4n) is 2.53. The van der Waals surface area contributed by atoms with Crippen LogP contribution in [-0.4, -0.2) is 17.2 Å². The molecule has 0 aliphatic carbocycles. The minimum atomic E-state index is -0.498. The monoisotopic (exact) mass is 336 g/mol. The van der Waals surface area contributed by atoms with Crippen molar-refractivity contribution in [2.24, 2.45) is 5.73 Å². The Balaban J connectivity index is 1.72. The van der Waals surface area contributed by atoms with Crippen LogP contribution in [0, 0.1) is 0 Å². The summed E-state index contributed by atoms with van der Waals surface area (Å²) in [6.07, 6.45) is 3.26. The number of anilines is 1. The quantitative estimate of drug-likeness (QED) is 0.518. The van der Waals surface area contributed by atoms with Gasteiger partial charge in [0.2, 0.25) is 0 Å². The minimum Gasteiger partial charge on any atom is -0.508 e. The minimum absolute atomic E-state index is 0.207. The van der Waals surface area contributed by atoms with E-state index in [-0.39, 0.29) is 11.9 Å². The summed E-state index contributed by atoms with van der Waals surface area (Å²) < 4.78 is 0. The molecule has 0 saturated carbocycles. The van der Waals surface area contributed by atoms with Gasteiger partial charge in [0.15, 0.2) is 0 Å². The summed E-state index contributed by atoms with van der Waals surface area (Å²) in [5, 5.41) is 19.0. The van der Waals surface area contributed by atoms with Crippen LogP contribution in [0.25, 0.3) is 0 Å². The maximum atomic E-state index is 11.7. The molecule has 0 fully saturated rings. The molecular formula is C19H20N4O2. The van der Waals surface area contributed by atoms with E-state index in [2.05, 4.69) is 16.0 Å². The van der Waals surface area contributed by atoms with E-state index in [4.69, 9.17) is 5.73 Å². The SMILES string of the molecule is NC(=O)C1=CNC(Nc2ccc(O)cc2)C=C1NCc1ccccc1. The molecule has 2 aromatic rings. The Morgan fingerprint density at radius 3 is 2.52 bits per heavy atom. The van der Waals surface area contributed by atoms with E-state index in [1.807, 2.05) is 36.4 Å². The second kappa shape index (κ2) is 7.44. The molecular weight excluding hydrogens is 316 g/mol. The Morgan fingerprint density at radius 2 is 1.84 bits per heavy atom. The maximum absolute atomic E-state index is 11.7. The Kier molecular flexibility index (Phi) is 4.89. The predicted octanol–water partition coefficient (Wildman–Crippen LogP) is 1.78. The van der Waals surface area contributed by atoms with Crippen LogP contribution in [-0.2, 0) is 11.3 Å². The van der Waals surface area contributed by atoms with Crippen molar-refractivity contribution < 1.29 is 9.90 Å². The van der Waals surface area contributed by atoms with E-state index in [0.29, 0.717) is 17.8 Å². The maximum Gasteiger partial charge on any atom is 0.252 e. The fraction of sp³-hybridized carbons (Fsp3) is 0.105. The number of carbonyl (C=O) groups is 1. The van der Waals surface area contributed by atoms with Crippen LogP contribution in [0.5, 0.6) is 5.75 Å². The van der Waals surface area contributed by atoms with Gasteiger partial charge in [-0.05, 0) is 35.9 Å². The number of rotatable bonds is 6. The average molecular weight is 336 g/mol. The van der Waals surface area contributed by atoms with Gasteiger partial charge in [0.25, 0.3) is 5.91 Å². The van der Waals surface area contributed by atoms with Gasteiger partial charge in [0, 0.05) is 24.1 Å². The highest BCUT2D eigenvalue weighted by Crippen LogP contribution is 2.18. The van der Waals surface area contributed by atoms with E-state index >= 15 is 0 Å². The Hall–Kier alpha value is -3.41. The van der Waals surface area contributed by atoms with Gasteiger partial charge < -0.3 is 26.8 Å². The molecule has 2 aromatic carbocycles. The molecule has 1 aliphatic heterocycles. The van der Waals surface area contributed by atoms with E-state index in [0.717, 1.165) is 11.3 Å². The topological polar surface area (TPSA) is 99.4 Å². The summed E-state index contributed by atoms with van der Waals surface area (Å²) in [5.74, 6) is -0.291. The number of aromatic hydroxyl groups is 1. The van der Waals surface area contributed by atoms with Gasteiger partial charge in [0.05, 0.1) is 5.57 Å². The molecule has 1 amide bonds. The van der Waals surface area contributed by atoms with Gasteiger partial charge in [-0.25, -0.2) is 0 Å². The third-order valence-corrected chi connectivity index (χ3v) is 3.81. The Labute approximate surface area is 146 Å². The zero-order valence-electron chi connectivity index (χ0n) is 13.6. The van der Waals surface area contributed by atoms with Crippen molar-refractivity contribution in [1.82, 2.24) is 10.6 Å². The van der Waals surface area contributed by atoms with Crippen molar-refractivity contribution in [3.05, 3.63) is 83.7 Å². The number of nitrogens with one attached hydrogen (secondary N) is 3. The van der Waals surface area contributed by atoms with Crippen molar-refractivity contribution in [3.63, 3.8) is 0 Å².